The molecule has 4 heterocycles. The van der Waals surface area contributed by atoms with E-state index in [4.69, 9.17) is 0 Å². The summed E-state index contributed by atoms with van der Waals surface area (Å²) < 4.78 is 28.4. The van der Waals surface area contributed by atoms with Crippen molar-refractivity contribution in [2.75, 3.05) is 30.8 Å². The van der Waals surface area contributed by atoms with E-state index in [0.29, 0.717) is 6.54 Å². The van der Waals surface area contributed by atoms with Crippen LogP contribution in [0.4, 0.5) is 5.69 Å². The summed E-state index contributed by atoms with van der Waals surface area (Å²) in [6.45, 7) is 4.21. The van der Waals surface area contributed by atoms with Crippen molar-refractivity contribution in [2.45, 2.75) is 19.4 Å². The Kier molecular flexibility index (Phi) is 4.32. The first kappa shape index (κ1) is 18.5. The van der Waals surface area contributed by atoms with Crippen molar-refractivity contribution in [2.24, 2.45) is 11.8 Å². The lowest BCUT2D eigenvalue weighted by molar-refractivity contribution is 0.352. The summed E-state index contributed by atoms with van der Waals surface area (Å²) in [5.41, 5.74) is 3.82. The van der Waals surface area contributed by atoms with E-state index in [9.17, 15) is 8.42 Å². The predicted molar refractivity (Wildman–Crippen MR) is 110 cm³/mol. The smallest absolute Gasteiger partial charge is 0.211 e. The lowest BCUT2D eigenvalue weighted by Gasteiger charge is -2.29. The SMILES string of the molecule is CCc1cc(N2C[C@@H]3CN(S(C)(=O)=O)[C@@H](c4ccccc4)[C@@H]3C2)c2nncn2n1. The Morgan fingerprint density at radius 3 is 2.66 bits per heavy atom. The summed E-state index contributed by atoms with van der Waals surface area (Å²) in [5, 5.41) is 12.8. The Balaban J connectivity index is 1.52. The Bertz CT molecular complexity index is 1150. The van der Waals surface area contributed by atoms with Gasteiger partial charge in [-0.25, -0.2) is 8.42 Å². The molecule has 2 saturated heterocycles. The zero-order chi connectivity index (χ0) is 20.2. The minimum Gasteiger partial charge on any atom is -0.368 e. The highest BCUT2D eigenvalue weighted by Gasteiger charge is 2.50. The van der Waals surface area contributed by atoms with Crippen LogP contribution in [0.2, 0.25) is 0 Å². The summed E-state index contributed by atoms with van der Waals surface area (Å²) in [7, 11) is -3.28. The Labute approximate surface area is 170 Å². The van der Waals surface area contributed by atoms with E-state index >= 15 is 0 Å². The van der Waals surface area contributed by atoms with E-state index in [0.717, 1.165) is 42.1 Å². The second-order valence-corrected chi connectivity index (χ2v) is 9.93. The fourth-order valence-corrected chi connectivity index (χ4v) is 6.03. The van der Waals surface area contributed by atoms with Gasteiger partial charge in [0, 0.05) is 25.6 Å². The monoisotopic (exact) mass is 412 g/mol. The Hall–Kier alpha value is -2.52. The number of rotatable bonds is 4. The van der Waals surface area contributed by atoms with Gasteiger partial charge in [0.2, 0.25) is 15.7 Å². The first-order valence-corrected chi connectivity index (χ1v) is 11.8. The van der Waals surface area contributed by atoms with E-state index in [1.807, 2.05) is 30.3 Å². The van der Waals surface area contributed by atoms with Crippen molar-refractivity contribution in [3.05, 3.63) is 54.0 Å². The molecule has 3 atom stereocenters. The molecule has 0 spiro atoms. The fraction of sp³-hybridized carbons (Fsp3) is 0.450. The second kappa shape index (κ2) is 6.77. The van der Waals surface area contributed by atoms with E-state index in [-0.39, 0.29) is 17.9 Å². The molecule has 8 nitrogen and oxygen atoms in total. The highest BCUT2D eigenvalue weighted by Crippen LogP contribution is 2.47. The van der Waals surface area contributed by atoms with Gasteiger partial charge in [0.25, 0.3) is 0 Å². The van der Waals surface area contributed by atoms with Gasteiger partial charge in [0.15, 0.2) is 0 Å². The van der Waals surface area contributed by atoms with Crippen LogP contribution in [-0.4, -0.2) is 58.4 Å². The maximum absolute atomic E-state index is 12.5. The van der Waals surface area contributed by atoms with Crippen molar-refractivity contribution in [3.63, 3.8) is 0 Å². The number of anilines is 1. The Morgan fingerprint density at radius 1 is 1.14 bits per heavy atom. The van der Waals surface area contributed by atoms with Gasteiger partial charge in [-0.1, -0.05) is 37.3 Å². The summed E-state index contributed by atoms with van der Waals surface area (Å²) in [5.74, 6) is 0.504. The zero-order valence-corrected chi connectivity index (χ0v) is 17.3. The average molecular weight is 413 g/mol. The maximum atomic E-state index is 12.5. The van der Waals surface area contributed by atoms with Gasteiger partial charge in [-0.05, 0) is 24.0 Å². The molecule has 0 radical (unpaired) electrons. The normalized spacial score (nSPS) is 25.0. The van der Waals surface area contributed by atoms with Crippen LogP contribution in [0.3, 0.4) is 0 Å². The van der Waals surface area contributed by atoms with E-state index in [2.05, 4.69) is 33.2 Å². The van der Waals surface area contributed by atoms with Crippen LogP contribution in [0.1, 0.15) is 24.2 Å². The molecule has 0 bridgehead atoms. The fourth-order valence-electron chi connectivity index (χ4n) is 4.87. The molecular formula is C20H24N6O2S. The third-order valence-corrected chi connectivity index (χ3v) is 7.42. The molecule has 2 fully saturated rings. The number of benzene rings is 1. The molecule has 3 aromatic rings. The summed E-state index contributed by atoms with van der Waals surface area (Å²) in [6, 6.07) is 11.9. The molecule has 0 N–H and O–H groups in total. The molecule has 29 heavy (non-hydrogen) atoms. The van der Waals surface area contributed by atoms with E-state index in [1.165, 1.54) is 6.26 Å². The molecule has 0 saturated carbocycles. The molecule has 2 aliphatic rings. The van der Waals surface area contributed by atoms with Gasteiger partial charge in [0.05, 0.1) is 23.7 Å². The molecule has 0 unspecified atom stereocenters. The number of aryl methyl sites for hydroxylation is 1. The van der Waals surface area contributed by atoms with Crippen molar-refractivity contribution in [3.8, 4) is 0 Å². The van der Waals surface area contributed by atoms with Crippen molar-refractivity contribution in [1.29, 1.82) is 0 Å². The summed E-state index contributed by atoms with van der Waals surface area (Å²) in [4.78, 5) is 2.33. The molecule has 2 aromatic heterocycles. The van der Waals surface area contributed by atoms with Gasteiger partial charge in [-0.2, -0.15) is 13.9 Å². The average Bonchev–Trinajstić information content (AvgIpc) is 3.40. The number of hydrogen-bond acceptors (Lipinski definition) is 6. The molecule has 9 heteroatoms. The van der Waals surface area contributed by atoms with Crippen LogP contribution in [0.15, 0.2) is 42.7 Å². The van der Waals surface area contributed by atoms with Crippen LogP contribution < -0.4 is 4.90 Å². The largest absolute Gasteiger partial charge is 0.368 e. The van der Waals surface area contributed by atoms with Crippen LogP contribution in [0.5, 0.6) is 0 Å². The minimum atomic E-state index is -3.28. The van der Waals surface area contributed by atoms with Crippen LogP contribution in [0.25, 0.3) is 5.65 Å². The van der Waals surface area contributed by atoms with Crippen LogP contribution in [0, 0.1) is 11.8 Å². The topological polar surface area (TPSA) is 83.7 Å². The third-order valence-electron chi connectivity index (χ3n) is 6.19. The van der Waals surface area contributed by atoms with Gasteiger partial charge < -0.3 is 4.90 Å². The number of sulfonamides is 1. The van der Waals surface area contributed by atoms with Crippen molar-refractivity contribution in [1.82, 2.24) is 24.1 Å². The molecule has 1 aromatic carbocycles. The number of hydrogen-bond donors (Lipinski definition) is 0. The molecule has 5 rings (SSSR count). The number of nitrogens with zero attached hydrogens (tertiary/aromatic N) is 6. The van der Waals surface area contributed by atoms with Gasteiger partial charge in [-0.3, -0.25) is 0 Å². The maximum Gasteiger partial charge on any atom is 0.211 e. The summed E-state index contributed by atoms with van der Waals surface area (Å²) in [6.07, 6.45) is 3.78. The lowest BCUT2D eigenvalue weighted by atomic mass is 9.90. The van der Waals surface area contributed by atoms with E-state index < -0.39 is 10.0 Å². The predicted octanol–water partition coefficient (Wildman–Crippen LogP) is 1.76. The molecule has 152 valence electrons. The first-order chi connectivity index (χ1) is 14.0. The van der Waals surface area contributed by atoms with Gasteiger partial charge in [0.1, 0.15) is 6.33 Å². The van der Waals surface area contributed by atoms with Crippen LogP contribution in [-0.2, 0) is 16.4 Å². The highest BCUT2D eigenvalue weighted by molar-refractivity contribution is 7.88. The van der Waals surface area contributed by atoms with Gasteiger partial charge in [-0.15, -0.1) is 10.2 Å². The molecule has 0 aliphatic carbocycles. The number of fused-ring (bicyclic) bond motifs is 2. The van der Waals surface area contributed by atoms with Gasteiger partial charge >= 0.3 is 0 Å². The molecular weight excluding hydrogens is 388 g/mol. The molecule has 2 aliphatic heterocycles. The van der Waals surface area contributed by atoms with Crippen molar-refractivity contribution >= 4 is 21.4 Å². The van der Waals surface area contributed by atoms with Crippen molar-refractivity contribution < 1.29 is 8.42 Å². The minimum absolute atomic E-state index is 0.137. The standard InChI is InChI=1S/C20H24N6O2S/c1-3-16-9-18(20-22-21-13-25(20)23-16)24-10-15-11-26(29(2,27)28)19(17(15)12-24)14-7-5-4-6-8-14/h4-9,13,15,17,19H,3,10-12H2,1-2H3/t15-,17-,19+/m1/s1. The van der Waals surface area contributed by atoms with E-state index in [1.54, 1.807) is 15.1 Å². The highest BCUT2D eigenvalue weighted by atomic mass is 32.2. The third kappa shape index (κ3) is 3.08. The zero-order valence-electron chi connectivity index (χ0n) is 16.5. The van der Waals surface area contributed by atoms with Crippen LogP contribution >= 0.6 is 0 Å². The summed E-state index contributed by atoms with van der Waals surface area (Å²) >= 11 is 0. The second-order valence-electron chi connectivity index (χ2n) is 7.99. The first-order valence-electron chi connectivity index (χ1n) is 9.92. The lowest BCUT2D eigenvalue weighted by Crippen LogP contribution is -2.35. The molecule has 0 amide bonds. The number of aromatic nitrogens is 4. The quantitative estimate of drug-likeness (QED) is 0.649. The Morgan fingerprint density at radius 2 is 1.93 bits per heavy atom.